The zero-order valence-electron chi connectivity index (χ0n) is 9.87. The summed E-state index contributed by atoms with van der Waals surface area (Å²) in [4.78, 5) is 22.4. The summed E-state index contributed by atoms with van der Waals surface area (Å²) in [7, 11) is 0. The largest absolute Gasteiger partial charge is 0.508 e. The summed E-state index contributed by atoms with van der Waals surface area (Å²) >= 11 is 0. The number of hydrogen-bond acceptors (Lipinski definition) is 4. The molecule has 0 aromatic heterocycles. The Morgan fingerprint density at radius 1 is 1.47 bits per heavy atom. The molecule has 0 aromatic rings. The van der Waals surface area contributed by atoms with Crippen LogP contribution in [-0.4, -0.2) is 28.4 Å². The molecule has 17 heavy (non-hydrogen) atoms. The number of aliphatic hydroxyl groups excluding tert-OH is 2. The van der Waals surface area contributed by atoms with Crippen molar-refractivity contribution < 1.29 is 19.8 Å². The second kappa shape index (κ2) is 6.35. The van der Waals surface area contributed by atoms with Crippen molar-refractivity contribution in [3.63, 3.8) is 0 Å². The fourth-order valence-electron chi connectivity index (χ4n) is 1.83. The first-order valence-electron chi connectivity index (χ1n) is 5.79. The van der Waals surface area contributed by atoms with E-state index in [0.717, 1.165) is 6.29 Å². The van der Waals surface area contributed by atoms with Gasteiger partial charge in [0.25, 0.3) is 0 Å². The van der Waals surface area contributed by atoms with Crippen molar-refractivity contribution in [1.82, 2.24) is 0 Å². The molecule has 0 saturated carbocycles. The van der Waals surface area contributed by atoms with Gasteiger partial charge in [0.05, 0.1) is 6.10 Å². The van der Waals surface area contributed by atoms with Crippen molar-refractivity contribution in [2.45, 2.75) is 32.3 Å². The monoisotopic (exact) mass is 238 g/mol. The molecule has 94 valence electrons. The van der Waals surface area contributed by atoms with Gasteiger partial charge in [-0.15, -0.1) is 0 Å². The Morgan fingerprint density at radius 3 is 2.71 bits per heavy atom. The fourth-order valence-corrected chi connectivity index (χ4v) is 1.83. The van der Waals surface area contributed by atoms with Gasteiger partial charge < -0.3 is 15.0 Å². The molecule has 4 nitrogen and oxygen atoms in total. The summed E-state index contributed by atoms with van der Waals surface area (Å²) in [6, 6.07) is 0. The topological polar surface area (TPSA) is 74.6 Å². The molecule has 1 aliphatic rings. The molecule has 1 rings (SSSR count). The van der Waals surface area contributed by atoms with Crippen LogP contribution in [0.4, 0.5) is 0 Å². The van der Waals surface area contributed by atoms with Crippen molar-refractivity contribution in [3.8, 4) is 0 Å². The van der Waals surface area contributed by atoms with Crippen LogP contribution >= 0.6 is 0 Å². The van der Waals surface area contributed by atoms with Crippen molar-refractivity contribution in [1.29, 1.82) is 0 Å². The normalized spacial score (nSPS) is 23.1. The highest BCUT2D eigenvalue weighted by molar-refractivity contribution is 5.95. The summed E-state index contributed by atoms with van der Waals surface area (Å²) in [5, 5.41) is 18.3. The molecule has 0 amide bonds. The van der Waals surface area contributed by atoms with E-state index >= 15 is 0 Å². The van der Waals surface area contributed by atoms with E-state index in [0.29, 0.717) is 19.3 Å². The first kappa shape index (κ1) is 13.6. The van der Waals surface area contributed by atoms with Gasteiger partial charge in [-0.25, -0.2) is 0 Å². The van der Waals surface area contributed by atoms with Crippen molar-refractivity contribution in [3.05, 3.63) is 24.0 Å². The minimum absolute atomic E-state index is 0.0436. The zero-order valence-corrected chi connectivity index (χ0v) is 9.87. The average molecular weight is 238 g/mol. The minimum atomic E-state index is -0.431. The molecule has 0 fully saturated rings. The molecule has 0 heterocycles. The Morgan fingerprint density at radius 2 is 2.18 bits per heavy atom. The van der Waals surface area contributed by atoms with Gasteiger partial charge in [0.2, 0.25) is 0 Å². The van der Waals surface area contributed by atoms with Gasteiger partial charge in [-0.05, 0) is 32.3 Å². The lowest BCUT2D eigenvalue weighted by molar-refractivity contribution is -0.118. The van der Waals surface area contributed by atoms with Gasteiger partial charge in [-0.1, -0.05) is 6.08 Å². The van der Waals surface area contributed by atoms with E-state index in [2.05, 4.69) is 0 Å². The van der Waals surface area contributed by atoms with Crippen LogP contribution in [0.15, 0.2) is 24.0 Å². The van der Waals surface area contributed by atoms with Gasteiger partial charge in [0.1, 0.15) is 12.0 Å². The highest BCUT2D eigenvalue weighted by Gasteiger charge is 2.22. The number of hydrogen-bond donors (Lipinski definition) is 2. The number of allylic oxidation sites excluding steroid dienone is 3. The molecule has 0 aliphatic heterocycles. The number of aliphatic hydroxyl groups is 2. The lowest BCUT2D eigenvalue weighted by Gasteiger charge is -2.17. The van der Waals surface area contributed by atoms with Crippen LogP contribution in [0.5, 0.6) is 0 Å². The molecule has 0 spiro atoms. The van der Waals surface area contributed by atoms with Crippen LogP contribution in [0.3, 0.4) is 0 Å². The van der Waals surface area contributed by atoms with Crippen LogP contribution in [0, 0.1) is 11.8 Å². The Hall–Kier alpha value is -1.42. The smallest absolute Gasteiger partial charge is 0.166 e. The van der Waals surface area contributed by atoms with Gasteiger partial charge in [-0.2, -0.15) is 0 Å². The molecule has 3 unspecified atom stereocenters. The second-order valence-electron chi connectivity index (χ2n) is 4.50. The van der Waals surface area contributed by atoms with Crippen LogP contribution in [0.25, 0.3) is 0 Å². The third-order valence-electron chi connectivity index (χ3n) is 2.86. The van der Waals surface area contributed by atoms with E-state index in [1.807, 2.05) is 0 Å². The molecule has 1 aliphatic carbocycles. The molecule has 0 bridgehead atoms. The van der Waals surface area contributed by atoms with Gasteiger partial charge >= 0.3 is 0 Å². The SMILES string of the molecule is CC(O)CCC(C=O)CC1C=CC(O)=CC1=O. The molecule has 0 aromatic carbocycles. The quantitative estimate of drug-likeness (QED) is 0.688. The number of carbonyl (C=O) groups is 2. The number of rotatable bonds is 6. The van der Waals surface area contributed by atoms with Crippen molar-refractivity contribution >= 4 is 12.1 Å². The van der Waals surface area contributed by atoms with E-state index in [-0.39, 0.29) is 23.4 Å². The number of carbonyl (C=O) groups excluding carboxylic acids is 2. The van der Waals surface area contributed by atoms with E-state index in [1.54, 1.807) is 13.0 Å². The van der Waals surface area contributed by atoms with Gasteiger partial charge in [-0.3, -0.25) is 4.79 Å². The average Bonchev–Trinajstić information content (AvgIpc) is 2.26. The fraction of sp³-hybridized carbons (Fsp3) is 0.538. The highest BCUT2D eigenvalue weighted by atomic mass is 16.3. The maximum Gasteiger partial charge on any atom is 0.166 e. The maximum absolute atomic E-state index is 11.5. The summed E-state index contributed by atoms with van der Waals surface area (Å²) in [5.41, 5.74) is 0. The molecule has 0 saturated heterocycles. The third kappa shape index (κ3) is 4.53. The highest BCUT2D eigenvalue weighted by Crippen LogP contribution is 2.22. The van der Waals surface area contributed by atoms with Crippen LogP contribution in [-0.2, 0) is 9.59 Å². The predicted molar refractivity (Wildman–Crippen MR) is 63.4 cm³/mol. The van der Waals surface area contributed by atoms with Gasteiger partial charge in [0.15, 0.2) is 5.78 Å². The van der Waals surface area contributed by atoms with E-state index in [1.165, 1.54) is 12.2 Å². The lowest BCUT2D eigenvalue weighted by Crippen LogP contribution is -2.19. The molecule has 4 heteroatoms. The van der Waals surface area contributed by atoms with Crippen molar-refractivity contribution in [2.75, 3.05) is 0 Å². The Balaban J connectivity index is 2.49. The van der Waals surface area contributed by atoms with Crippen molar-refractivity contribution in [2.24, 2.45) is 11.8 Å². The first-order chi connectivity index (χ1) is 8.02. The molecular formula is C13H18O4. The first-order valence-corrected chi connectivity index (χ1v) is 5.79. The molecule has 2 N–H and O–H groups in total. The Kier molecular flexibility index (Phi) is 5.10. The van der Waals surface area contributed by atoms with Crippen LogP contribution in [0.2, 0.25) is 0 Å². The van der Waals surface area contributed by atoms with E-state index in [4.69, 9.17) is 10.2 Å². The Bertz CT molecular complexity index is 341. The number of aldehydes is 1. The standard InChI is InChI=1S/C13H18O4/c1-9(15)2-3-10(8-14)6-11-4-5-12(16)7-13(11)17/h4-5,7-11,15-16H,2-3,6H2,1H3. The zero-order chi connectivity index (χ0) is 12.8. The van der Waals surface area contributed by atoms with Gasteiger partial charge in [0, 0.05) is 17.9 Å². The lowest BCUT2D eigenvalue weighted by atomic mass is 9.86. The summed E-state index contributed by atoms with van der Waals surface area (Å²) in [6.07, 6.45) is 6.25. The summed E-state index contributed by atoms with van der Waals surface area (Å²) in [6.45, 7) is 1.67. The predicted octanol–water partition coefficient (Wildman–Crippen LogP) is 1.55. The maximum atomic E-state index is 11.5. The van der Waals surface area contributed by atoms with Crippen LogP contribution in [0.1, 0.15) is 26.2 Å². The Labute approximate surface area is 101 Å². The van der Waals surface area contributed by atoms with Crippen LogP contribution < -0.4 is 0 Å². The van der Waals surface area contributed by atoms with E-state index < -0.39 is 6.10 Å². The third-order valence-corrected chi connectivity index (χ3v) is 2.86. The molecule has 3 atom stereocenters. The minimum Gasteiger partial charge on any atom is -0.508 e. The summed E-state index contributed by atoms with van der Waals surface area (Å²) < 4.78 is 0. The summed E-state index contributed by atoms with van der Waals surface area (Å²) in [5.74, 6) is -0.779. The molecule has 0 radical (unpaired) electrons. The molecular weight excluding hydrogens is 220 g/mol. The second-order valence-corrected chi connectivity index (χ2v) is 4.50. The van der Waals surface area contributed by atoms with E-state index in [9.17, 15) is 9.59 Å². The number of ketones is 1.